The smallest absolute Gasteiger partial charge is 0.320 e. The Labute approximate surface area is 207 Å². The number of nitrogens with two attached hydrogens (primary N) is 1. The predicted octanol–water partition coefficient (Wildman–Crippen LogP) is 3.29. The van der Waals surface area contributed by atoms with Gasteiger partial charge in [0.1, 0.15) is 11.6 Å². The first kappa shape index (κ1) is 27.9. The third kappa shape index (κ3) is 7.60. The number of esters is 1. The molecule has 3 amide bonds. The molecule has 2 rings (SSSR count). The highest BCUT2D eigenvalue weighted by atomic mass is 35.5. The van der Waals surface area contributed by atoms with E-state index in [4.69, 9.17) is 22.1 Å². The summed E-state index contributed by atoms with van der Waals surface area (Å²) in [5.74, 6) is -0.437. The molecule has 8 nitrogen and oxygen atoms in total. The lowest BCUT2D eigenvalue weighted by Crippen LogP contribution is -2.58. The van der Waals surface area contributed by atoms with Gasteiger partial charge >= 0.3 is 12.0 Å². The highest BCUT2D eigenvalue weighted by Crippen LogP contribution is 2.42. The highest BCUT2D eigenvalue weighted by Gasteiger charge is 2.40. The Bertz CT molecular complexity index is 870. The lowest BCUT2D eigenvalue weighted by molar-refractivity contribution is -0.154. The molecule has 0 aliphatic carbocycles. The molecular formula is C25H39ClN4O4. The summed E-state index contributed by atoms with van der Waals surface area (Å²) >= 11 is 6.05. The van der Waals surface area contributed by atoms with E-state index in [1.54, 1.807) is 13.8 Å². The molecule has 1 aliphatic heterocycles. The third-order valence-corrected chi connectivity index (χ3v) is 6.52. The number of urea groups is 1. The van der Waals surface area contributed by atoms with Crippen molar-refractivity contribution in [3.05, 3.63) is 34.9 Å². The number of nitrogens with one attached hydrogen (secondary N) is 2. The van der Waals surface area contributed by atoms with Crippen LogP contribution >= 0.6 is 11.6 Å². The standard InChI is InChI=1S/C25H39ClN4O4/c1-16(2)21(29-23(33)28-14-25(5,6)34-20(31)13-27)22(32)30-12-11-19(24(3,4)15-30)17-7-9-18(26)10-8-17/h7-10,16,19,21H,11-15,27H2,1-6H3,(H2,28,29,33)/t19?,21-/m1/s1. The average molecular weight is 495 g/mol. The van der Waals surface area contributed by atoms with Crippen molar-refractivity contribution < 1.29 is 19.1 Å². The van der Waals surface area contributed by atoms with E-state index in [0.29, 0.717) is 24.0 Å². The lowest BCUT2D eigenvalue weighted by atomic mass is 9.70. The second-order valence-corrected chi connectivity index (χ2v) is 11.1. The van der Waals surface area contributed by atoms with Gasteiger partial charge in [0.2, 0.25) is 5.91 Å². The Balaban J connectivity index is 2.01. The van der Waals surface area contributed by atoms with Gasteiger partial charge in [-0.15, -0.1) is 0 Å². The zero-order valence-electron chi connectivity index (χ0n) is 21.1. The largest absolute Gasteiger partial charge is 0.457 e. The van der Waals surface area contributed by atoms with E-state index in [0.717, 1.165) is 6.42 Å². The molecule has 1 saturated heterocycles. The zero-order valence-corrected chi connectivity index (χ0v) is 21.9. The molecule has 190 valence electrons. The number of carbonyl (C=O) groups is 3. The van der Waals surface area contributed by atoms with E-state index in [2.05, 4.69) is 36.6 Å². The molecule has 0 spiro atoms. The molecule has 1 aromatic rings. The third-order valence-electron chi connectivity index (χ3n) is 6.26. The van der Waals surface area contributed by atoms with Crippen LogP contribution in [0.3, 0.4) is 0 Å². The van der Waals surface area contributed by atoms with E-state index in [1.807, 2.05) is 30.9 Å². The second-order valence-electron chi connectivity index (χ2n) is 10.6. The zero-order chi connectivity index (χ0) is 25.7. The minimum absolute atomic E-state index is 0.0864. The SMILES string of the molecule is CC(C)[C@@H](NC(=O)NCC(C)(C)OC(=O)CN)C(=O)N1CCC(c2ccc(Cl)cc2)C(C)(C)C1. The average Bonchev–Trinajstić information content (AvgIpc) is 2.75. The van der Waals surface area contributed by atoms with Crippen molar-refractivity contribution >= 4 is 29.5 Å². The fourth-order valence-corrected chi connectivity index (χ4v) is 4.57. The van der Waals surface area contributed by atoms with Gasteiger partial charge in [0, 0.05) is 18.1 Å². The number of likely N-dealkylation sites (tertiary alicyclic amines) is 1. The number of benzene rings is 1. The molecule has 34 heavy (non-hydrogen) atoms. The van der Waals surface area contributed by atoms with Crippen LogP contribution in [0.25, 0.3) is 0 Å². The summed E-state index contributed by atoms with van der Waals surface area (Å²) in [6.07, 6.45) is 0.831. The number of amides is 3. The van der Waals surface area contributed by atoms with E-state index >= 15 is 0 Å². The molecule has 1 aliphatic rings. The summed E-state index contributed by atoms with van der Waals surface area (Å²) in [4.78, 5) is 39.3. The molecule has 1 fully saturated rings. The van der Waals surface area contributed by atoms with E-state index in [1.165, 1.54) is 5.56 Å². The summed E-state index contributed by atoms with van der Waals surface area (Å²) in [6.45, 7) is 12.6. The van der Waals surface area contributed by atoms with Gasteiger partial charge in [-0.05, 0) is 55.2 Å². The van der Waals surface area contributed by atoms with E-state index < -0.39 is 23.6 Å². The number of carbonyl (C=O) groups excluding carboxylic acids is 3. The van der Waals surface area contributed by atoms with Crippen LogP contribution in [0.15, 0.2) is 24.3 Å². The first-order chi connectivity index (χ1) is 15.8. The van der Waals surface area contributed by atoms with Gasteiger partial charge in [-0.2, -0.15) is 0 Å². The molecule has 4 N–H and O–H groups in total. The maximum atomic E-state index is 13.4. The number of halogens is 1. The van der Waals surface area contributed by atoms with Gasteiger partial charge in [-0.25, -0.2) is 4.79 Å². The van der Waals surface area contributed by atoms with Crippen LogP contribution in [0.5, 0.6) is 0 Å². The summed E-state index contributed by atoms with van der Waals surface area (Å²) in [5, 5.41) is 6.21. The second kappa shape index (κ2) is 11.4. The molecule has 0 radical (unpaired) electrons. The van der Waals surface area contributed by atoms with Crippen molar-refractivity contribution in [2.24, 2.45) is 17.1 Å². The van der Waals surface area contributed by atoms with Gasteiger partial charge in [-0.3, -0.25) is 9.59 Å². The van der Waals surface area contributed by atoms with Gasteiger partial charge in [0.15, 0.2) is 0 Å². The van der Waals surface area contributed by atoms with Crippen LogP contribution in [0, 0.1) is 11.3 Å². The maximum absolute atomic E-state index is 13.4. The van der Waals surface area contributed by atoms with Crippen LogP contribution in [0.1, 0.15) is 59.4 Å². The molecular weight excluding hydrogens is 456 g/mol. The lowest BCUT2D eigenvalue weighted by Gasteiger charge is -2.45. The highest BCUT2D eigenvalue weighted by molar-refractivity contribution is 6.30. The van der Waals surface area contributed by atoms with Crippen molar-refractivity contribution in [2.45, 2.75) is 65.5 Å². The quantitative estimate of drug-likeness (QED) is 0.480. The molecule has 0 aromatic heterocycles. The van der Waals surface area contributed by atoms with Crippen molar-refractivity contribution in [1.82, 2.24) is 15.5 Å². The minimum Gasteiger partial charge on any atom is -0.457 e. The monoisotopic (exact) mass is 494 g/mol. The van der Waals surface area contributed by atoms with Crippen molar-refractivity contribution in [1.29, 1.82) is 0 Å². The summed E-state index contributed by atoms with van der Waals surface area (Å²) in [6, 6.07) is 6.76. The fraction of sp³-hybridized carbons (Fsp3) is 0.640. The fourth-order valence-electron chi connectivity index (χ4n) is 4.44. The Morgan fingerprint density at radius 3 is 2.38 bits per heavy atom. The van der Waals surface area contributed by atoms with Crippen LogP contribution in [-0.4, -0.2) is 60.6 Å². The Morgan fingerprint density at radius 2 is 1.85 bits per heavy atom. The topological polar surface area (TPSA) is 114 Å². The van der Waals surface area contributed by atoms with Crippen molar-refractivity contribution in [2.75, 3.05) is 26.2 Å². The number of ether oxygens (including phenoxy) is 1. The van der Waals surface area contributed by atoms with Gasteiger partial charge in [-0.1, -0.05) is 51.4 Å². The number of rotatable bonds is 8. The molecule has 1 aromatic carbocycles. The number of nitrogens with zero attached hydrogens (tertiary/aromatic N) is 1. The number of piperidine rings is 1. The molecule has 2 atom stereocenters. The van der Waals surface area contributed by atoms with Crippen molar-refractivity contribution in [3.63, 3.8) is 0 Å². The summed E-state index contributed by atoms with van der Waals surface area (Å²) < 4.78 is 5.22. The molecule has 1 unspecified atom stereocenters. The predicted molar refractivity (Wildman–Crippen MR) is 134 cm³/mol. The molecule has 1 heterocycles. The minimum atomic E-state index is -0.918. The van der Waals surface area contributed by atoms with Crippen LogP contribution < -0.4 is 16.4 Å². The van der Waals surface area contributed by atoms with E-state index in [-0.39, 0.29) is 30.3 Å². The Morgan fingerprint density at radius 1 is 1.24 bits per heavy atom. The molecule has 9 heteroatoms. The first-order valence-corrected chi connectivity index (χ1v) is 12.1. The molecule has 0 bridgehead atoms. The van der Waals surface area contributed by atoms with Crippen LogP contribution in [0.4, 0.5) is 4.79 Å². The maximum Gasteiger partial charge on any atom is 0.320 e. The number of hydrogen-bond acceptors (Lipinski definition) is 5. The molecule has 0 saturated carbocycles. The van der Waals surface area contributed by atoms with Crippen LogP contribution in [-0.2, 0) is 14.3 Å². The number of hydrogen-bond donors (Lipinski definition) is 3. The van der Waals surface area contributed by atoms with Gasteiger partial charge < -0.3 is 26.0 Å². The summed E-state index contributed by atoms with van der Waals surface area (Å²) in [5.41, 5.74) is 5.45. The van der Waals surface area contributed by atoms with Crippen molar-refractivity contribution in [3.8, 4) is 0 Å². The first-order valence-electron chi connectivity index (χ1n) is 11.8. The van der Waals surface area contributed by atoms with Gasteiger partial charge in [0.05, 0.1) is 13.1 Å². The Hall–Kier alpha value is -2.32. The Kier molecular flexibility index (Phi) is 9.37. The normalized spacial score (nSPS) is 18.9. The van der Waals surface area contributed by atoms with Gasteiger partial charge in [0.25, 0.3) is 0 Å². The van der Waals surface area contributed by atoms with E-state index in [9.17, 15) is 14.4 Å². The summed E-state index contributed by atoms with van der Waals surface area (Å²) in [7, 11) is 0. The van der Waals surface area contributed by atoms with Crippen LogP contribution in [0.2, 0.25) is 5.02 Å².